The van der Waals surface area contributed by atoms with Crippen LogP contribution in [-0.4, -0.2) is 23.3 Å². The van der Waals surface area contributed by atoms with Crippen molar-refractivity contribution >= 4 is 17.8 Å². The van der Waals surface area contributed by atoms with Crippen LogP contribution in [0, 0.1) is 6.92 Å². The summed E-state index contributed by atoms with van der Waals surface area (Å²) in [7, 11) is 0. The fourth-order valence-electron chi connectivity index (χ4n) is 1.83. The van der Waals surface area contributed by atoms with Gasteiger partial charge in [0, 0.05) is 11.7 Å². The van der Waals surface area contributed by atoms with Crippen molar-refractivity contribution in [1.29, 1.82) is 0 Å². The van der Waals surface area contributed by atoms with E-state index >= 15 is 0 Å². The molecular weight excluding hydrogens is 218 g/mol. The first-order chi connectivity index (χ1) is 8.17. The van der Waals surface area contributed by atoms with Gasteiger partial charge in [-0.25, -0.2) is 4.79 Å². The molecule has 0 N–H and O–H groups in total. The predicted molar refractivity (Wildman–Crippen MR) is 63.5 cm³/mol. The third-order valence-corrected chi connectivity index (χ3v) is 2.64. The SMILES string of the molecule is CCOC(=O)c1ccn2c(C=O)c(C)cc2c1. The van der Waals surface area contributed by atoms with Crippen molar-refractivity contribution in [3.05, 3.63) is 41.2 Å². The van der Waals surface area contributed by atoms with E-state index in [0.29, 0.717) is 17.9 Å². The number of carbonyl (C=O) groups is 2. The molecule has 0 spiro atoms. The van der Waals surface area contributed by atoms with Crippen LogP contribution in [0.1, 0.15) is 33.3 Å². The summed E-state index contributed by atoms with van der Waals surface area (Å²) in [6.07, 6.45) is 2.52. The number of rotatable bonds is 3. The number of carbonyl (C=O) groups excluding carboxylic acids is 2. The van der Waals surface area contributed by atoms with Gasteiger partial charge in [0.2, 0.25) is 0 Å². The summed E-state index contributed by atoms with van der Waals surface area (Å²) in [5.74, 6) is -0.346. The average Bonchev–Trinajstić information content (AvgIpc) is 2.63. The molecule has 0 bridgehead atoms. The zero-order valence-corrected chi connectivity index (χ0v) is 9.77. The molecule has 2 aromatic rings. The highest BCUT2D eigenvalue weighted by Gasteiger charge is 2.10. The van der Waals surface area contributed by atoms with E-state index < -0.39 is 0 Å². The molecule has 0 aliphatic carbocycles. The maximum absolute atomic E-state index is 11.5. The Kier molecular flexibility index (Phi) is 2.95. The van der Waals surface area contributed by atoms with E-state index in [1.807, 2.05) is 13.0 Å². The lowest BCUT2D eigenvalue weighted by atomic mass is 10.2. The van der Waals surface area contributed by atoms with E-state index in [4.69, 9.17) is 4.74 Å². The number of hydrogen-bond donors (Lipinski definition) is 0. The Morgan fingerprint density at radius 1 is 1.47 bits per heavy atom. The Hall–Kier alpha value is -2.10. The normalized spacial score (nSPS) is 10.5. The molecule has 0 saturated heterocycles. The van der Waals surface area contributed by atoms with Crippen molar-refractivity contribution in [2.75, 3.05) is 6.61 Å². The highest BCUT2D eigenvalue weighted by molar-refractivity contribution is 5.91. The van der Waals surface area contributed by atoms with E-state index in [2.05, 4.69) is 0 Å². The number of aromatic nitrogens is 1. The summed E-state index contributed by atoms with van der Waals surface area (Å²) in [6, 6.07) is 5.24. The Balaban J connectivity index is 2.52. The van der Waals surface area contributed by atoms with Crippen molar-refractivity contribution < 1.29 is 14.3 Å². The number of ether oxygens (including phenoxy) is 1. The first-order valence-electron chi connectivity index (χ1n) is 5.41. The number of fused-ring (bicyclic) bond motifs is 1. The fourth-order valence-corrected chi connectivity index (χ4v) is 1.83. The smallest absolute Gasteiger partial charge is 0.338 e. The van der Waals surface area contributed by atoms with Gasteiger partial charge in [-0.2, -0.15) is 0 Å². The molecule has 88 valence electrons. The largest absolute Gasteiger partial charge is 0.462 e. The molecule has 2 rings (SSSR count). The summed E-state index contributed by atoms with van der Waals surface area (Å²) in [6.45, 7) is 3.98. The third-order valence-electron chi connectivity index (χ3n) is 2.64. The molecule has 2 aromatic heterocycles. The molecule has 0 fully saturated rings. The molecular formula is C13H13NO3. The van der Waals surface area contributed by atoms with E-state index in [-0.39, 0.29) is 5.97 Å². The lowest BCUT2D eigenvalue weighted by molar-refractivity contribution is 0.0526. The summed E-state index contributed by atoms with van der Waals surface area (Å²) in [5.41, 5.74) is 2.81. The minimum absolute atomic E-state index is 0.346. The average molecular weight is 231 g/mol. The zero-order valence-electron chi connectivity index (χ0n) is 9.77. The molecule has 0 aliphatic heterocycles. The molecule has 17 heavy (non-hydrogen) atoms. The second-order valence-corrected chi connectivity index (χ2v) is 3.76. The third kappa shape index (κ3) is 1.93. The monoisotopic (exact) mass is 231 g/mol. The van der Waals surface area contributed by atoms with Gasteiger partial charge < -0.3 is 9.14 Å². The van der Waals surface area contributed by atoms with Crippen LogP contribution >= 0.6 is 0 Å². The molecule has 0 radical (unpaired) electrons. The van der Waals surface area contributed by atoms with Crippen LogP contribution in [0.15, 0.2) is 24.4 Å². The number of nitrogens with zero attached hydrogens (tertiary/aromatic N) is 1. The Labute approximate surface area is 98.8 Å². The number of pyridine rings is 1. The van der Waals surface area contributed by atoms with Gasteiger partial charge in [-0.3, -0.25) is 4.79 Å². The Morgan fingerprint density at radius 2 is 2.24 bits per heavy atom. The molecule has 0 amide bonds. The maximum atomic E-state index is 11.5. The molecule has 4 heteroatoms. The van der Waals surface area contributed by atoms with Crippen molar-refractivity contribution in [2.45, 2.75) is 13.8 Å². The predicted octanol–water partition coefficient (Wildman–Crippen LogP) is 2.24. The van der Waals surface area contributed by atoms with E-state index in [9.17, 15) is 9.59 Å². The molecule has 0 aliphatic rings. The first kappa shape index (κ1) is 11.4. The van der Waals surface area contributed by atoms with Gasteiger partial charge in [0.05, 0.1) is 17.9 Å². The molecule has 2 heterocycles. The highest BCUT2D eigenvalue weighted by Crippen LogP contribution is 2.16. The maximum Gasteiger partial charge on any atom is 0.338 e. The second-order valence-electron chi connectivity index (χ2n) is 3.76. The number of esters is 1. The quantitative estimate of drug-likeness (QED) is 0.601. The standard InChI is InChI=1S/C13H13NO3/c1-3-17-13(16)10-4-5-14-11(7-10)6-9(2)12(14)8-15/h4-8H,3H2,1-2H3. The molecule has 0 aromatic carbocycles. The van der Waals surface area contributed by atoms with Crippen molar-refractivity contribution in [3.63, 3.8) is 0 Å². The van der Waals surface area contributed by atoms with E-state index in [0.717, 1.165) is 17.4 Å². The molecule has 0 unspecified atom stereocenters. The van der Waals surface area contributed by atoms with Crippen LogP contribution < -0.4 is 0 Å². The van der Waals surface area contributed by atoms with E-state index in [1.54, 1.807) is 29.7 Å². The van der Waals surface area contributed by atoms with Gasteiger partial charge in [-0.05, 0) is 37.6 Å². The summed E-state index contributed by atoms with van der Waals surface area (Å²) in [5, 5.41) is 0. The minimum Gasteiger partial charge on any atom is -0.462 e. The molecule has 0 saturated carbocycles. The van der Waals surface area contributed by atoms with Crippen LogP contribution in [0.4, 0.5) is 0 Å². The Bertz CT molecular complexity index is 584. The van der Waals surface area contributed by atoms with Crippen LogP contribution in [0.3, 0.4) is 0 Å². The number of aryl methyl sites for hydroxylation is 1. The summed E-state index contributed by atoms with van der Waals surface area (Å²) in [4.78, 5) is 22.5. The van der Waals surface area contributed by atoms with Crippen molar-refractivity contribution in [2.24, 2.45) is 0 Å². The molecule has 4 nitrogen and oxygen atoms in total. The zero-order chi connectivity index (χ0) is 12.4. The highest BCUT2D eigenvalue weighted by atomic mass is 16.5. The second kappa shape index (κ2) is 4.41. The lowest BCUT2D eigenvalue weighted by Gasteiger charge is -2.03. The molecule has 0 atom stereocenters. The van der Waals surface area contributed by atoms with Gasteiger partial charge in [0.1, 0.15) is 0 Å². The van der Waals surface area contributed by atoms with E-state index in [1.165, 1.54) is 0 Å². The van der Waals surface area contributed by atoms with Crippen molar-refractivity contribution in [3.8, 4) is 0 Å². The van der Waals surface area contributed by atoms with Gasteiger partial charge in [0.25, 0.3) is 0 Å². The van der Waals surface area contributed by atoms with Gasteiger partial charge in [0.15, 0.2) is 6.29 Å². The van der Waals surface area contributed by atoms with Crippen LogP contribution in [0.25, 0.3) is 5.52 Å². The van der Waals surface area contributed by atoms with Crippen LogP contribution in [-0.2, 0) is 4.74 Å². The topological polar surface area (TPSA) is 47.8 Å². The Morgan fingerprint density at radius 3 is 2.88 bits per heavy atom. The lowest BCUT2D eigenvalue weighted by Crippen LogP contribution is -2.05. The number of hydrogen-bond acceptors (Lipinski definition) is 3. The fraction of sp³-hybridized carbons (Fsp3) is 0.231. The van der Waals surface area contributed by atoms with Gasteiger partial charge >= 0.3 is 5.97 Å². The van der Waals surface area contributed by atoms with Gasteiger partial charge in [-0.15, -0.1) is 0 Å². The van der Waals surface area contributed by atoms with Crippen LogP contribution in [0.2, 0.25) is 0 Å². The van der Waals surface area contributed by atoms with Crippen LogP contribution in [0.5, 0.6) is 0 Å². The summed E-state index contributed by atoms with van der Waals surface area (Å²) >= 11 is 0. The number of aldehydes is 1. The minimum atomic E-state index is -0.346. The first-order valence-corrected chi connectivity index (χ1v) is 5.41. The van der Waals surface area contributed by atoms with Gasteiger partial charge in [-0.1, -0.05) is 0 Å². The summed E-state index contributed by atoms with van der Waals surface area (Å²) < 4.78 is 6.68. The van der Waals surface area contributed by atoms with Crippen molar-refractivity contribution in [1.82, 2.24) is 4.40 Å².